The Morgan fingerprint density at radius 1 is 1.29 bits per heavy atom. The summed E-state index contributed by atoms with van der Waals surface area (Å²) >= 11 is 0. The number of fused-ring (bicyclic) bond motifs is 1. The minimum absolute atomic E-state index is 0.00936. The predicted octanol–water partition coefficient (Wildman–Crippen LogP) is 3.42. The topological polar surface area (TPSA) is 63.8 Å². The van der Waals surface area contributed by atoms with Crippen LogP contribution in [0.3, 0.4) is 0 Å². The molecule has 0 radical (unpaired) electrons. The molecule has 0 spiro atoms. The van der Waals surface area contributed by atoms with Crippen LogP contribution < -0.4 is 10.3 Å². The monoisotopic (exact) mass is 324 g/mol. The van der Waals surface area contributed by atoms with Gasteiger partial charge in [-0.1, -0.05) is 25.5 Å². The Hall–Kier alpha value is -2.82. The number of nitrogens with zero attached hydrogens (tertiary/aromatic N) is 2. The van der Waals surface area contributed by atoms with Crippen LogP contribution in [0.4, 0.5) is 0 Å². The summed E-state index contributed by atoms with van der Waals surface area (Å²) < 4.78 is 6.63. The van der Waals surface area contributed by atoms with Gasteiger partial charge in [-0.15, -0.1) is 0 Å². The van der Waals surface area contributed by atoms with Gasteiger partial charge >= 0.3 is 0 Å². The fraction of sp³-hybridized carbons (Fsp3) is 0.263. The van der Waals surface area contributed by atoms with E-state index in [9.17, 15) is 9.90 Å². The number of ether oxygens (including phenoxy) is 1. The van der Waals surface area contributed by atoms with Crippen molar-refractivity contribution in [2.24, 2.45) is 0 Å². The second-order valence-electron chi connectivity index (χ2n) is 5.70. The maximum absolute atomic E-state index is 12.5. The number of aromatic nitrogens is 2. The van der Waals surface area contributed by atoms with Crippen LogP contribution in [-0.4, -0.2) is 21.6 Å². The smallest absolute Gasteiger partial charge is 0.261 e. The van der Waals surface area contributed by atoms with Crippen LogP contribution in [-0.2, 0) is 6.42 Å². The first-order chi connectivity index (χ1) is 11.7. The molecule has 0 saturated carbocycles. The van der Waals surface area contributed by atoms with Gasteiger partial charge in [-0.25, -0.2) is 4.98 Å². The zero-order valence-corrected chi connectivity index (χ0v) is 13.8. The van der Waals surface area contributed by atoms with Gasteiger partial charge in [0.1, 0.15) is 5.75 Å². The lowest BCUT2D eigenvalue weighted by atomic mass is 10.1. The minimum Gasteiger partial charge on any atom is -0.504 e. The molecule has 1 N–H and O–H groups in total. The van der Waals surface area contributed by atoms with E-state index < -0.39 is 0 Å². The molecule has 0 atom stereocenters. The van der Waals surface area contributed by atoms with E-state index in [4.69, 9.17) is 4.74 Å². The van der Waals surface area contributed by atoms with Crippen molar-refractivity contribution in [3.63, 3.8) is 0 Å². The van der Waals surface area contributed by atoms with Crippen molar-refractivity contribution in [2.75, 3.05) is 7.11 Å². The Labute approximate surface area is 140 Å². The third kappa shape index (κ3) is 2.85. The number of hydrogen-bond acceptors (Lipinski definition) is 4. The number of aromatic hydroxyl groups is 1. The van der Waals surface area contributed by atoms with Crippen LogP contribution in [0, 0.1) is 0 Å². The standard InChI is InChI=1S/C19H20N2O3/c1-3-4-6-14-12-20-18-17(22)16(9-10-21(18)19(14)23)13-7-5-8-15(11-13)24-2/h5,7-12,22H,3-4,6H2,1-2H3. The van der Waals surface area contributed by atoms with Gasteiger partial charge in [-0.2, -0.15) is 0 Å². The summed E-state index contributed by atoms with van der Waals surface area (Å²) in [5, 5.41) is 10.6. The van der Waals surface area contributed by atoms with Crippen molar-refractivity contribution < 1.29 is 9.84 Å². The summed E-state index contributed by atoms with van der Waals surface area (Å²) in [5.41, 5.74) is 2.23. The molecule has 0 bridgehead atoms. The van der Waals surface area contributed by atoms with Crippen LogP contribution in [0.1, 0.15) is 25.3 Å². The van der Waals surface area contributed by atoms with Crippen LogP contribution in [0.5, 0.6) is 11.5 Å². The average Bonchev–Trinajstić information content (AvgIpc) is 2.62. The lowest BCUT2D eigenvalue weighted by molar-refractivity contribution is 0.415. The maximum atomic E-state index is 12.5. The first-order valence-electron chi connectivity index (χ1n) is 8.02. The van der Waals surface area contributed by atoms with Gasteiger partial charge < -0.3 is 9.84 Å². The third-order valence-corrected chi connectivity index (χ3v) is 4.10. The fourth-order valence-corrected chi connectivity index (χ4v) is 2.73. The van der Waals surface area contributed by atoms with E-state index in [0.717, 1.165) is 18.4 Å². The molecule has 0 amide bonds. The lowest BCUT2D eigenvalue weighted by Crippen LogP contribution is -2.19. The fourth-order valence-electron chi connectivity index (χ4n) is 2.73. The van der Waals surface area contributed by atoms with Crippen LogP contribution >= 0.6 is 0 Å². The summed E-state index contributed by atoms with van der Waals surface area (Å²) in [5.74, 6) is 0.692. The van der Waals surface area contributed by atoms with Gasteiger partial charge in [-0.05, 0) is 36.6 Å². The van der Waals surface area contributed by atoms with E-state index in [1.54, 1.807) is 25.6 Å². The Bertz CT molecular complexity index is 932. The number of pyridine rings is 1. The molecule has 5 nitrogen and oxygen atoms in total. The van der Waals surface area contributed by atoms with E-state index in [2.05, 4.69) is 11.9 Å². The van der Waals surface area contributed by atoms with E-state index in [-0.39, 0.29) is 17.0 Å². The van der Waals surface area contributed by atoms with Gasteiger partial charge in [0.25, 0.3) is 5.56 Å². The van der Waals surface area contributed by atoms with Crippen molar-refractivity contribution >= 4 is 5.65 Å². The molecule has 24 heavy (non-hydrogen) atoms. The number of benzene rings is 1. The van der Waals surface area contributed by atoms with Gasteiger partial charge in [0.05, 0.1) is 7.11 Å². The highest BCUT2D eigenvalue weighted by Gasteiger charge is 2.13. The van der Waals surface area contributed by atoms with E-state index in [1.165, 1.54) is 4.40 Å². The van der Waals surface area contributed by atoms with Crippen LogP contribution in [0.2, 0.25) is 0 Å². The highest BCUT2D eigenvalue weighted by Crippen LogP contribution is 2.33. The molecule has 0 aliphatic heterocycles. The van der Waals surface area contributed by atoms with E-state index >= 15 is 0 Å². The first-order valence-corrected chi connectivity index (χ1v) is 8.02. The average molecular weight is 324 g/mol. The van der Waals surface area contributed by atoms with Crippen molar-refractivity contribution in [1.82, 2.24) is 9.38 Å². The number of hydrogen-bond donors (Lipinski definition) is 1. The Balaban J connectivity index is 2.13. The number of aryl methyl sites for hydroxylation is 1. The van der Waals surface area contributed by atoms with Crippen molar-refractivity contribution in [1.29, 1.82) is 0 Å². The largest absolute Gasteiger partial charge is 0.504 e. The molecular weight excluding hydrogens is 304 g/mol. The van der Waals surface area contributed by atoms with Gasteiger partial charge in [0.2, 0.25) is 0 Å². The Morgan fingerprint density at radius 2 is 2.12 bits per heavy atom. The van der Waals surface area contributed by atoms with Gasteiger partial charge in [-0.3, -0.25) is 9.20 Å². The molecule has 2 heterocycles. The summed E-state index contributed by atoms with van der Waals surface area (Å²) in [4.78, 5) is 16.8. The zero-order valence-electron chi connectivity index (χ0n) is 13.8. The third-order valence-electron chi connectivity index (χ3n) is 4.10. The molecule has 2 aromatic heterocycles. The molecule has 124 valence electrons. The summed E-state index contributed by atoms with van der Waals surface area (Å²) in [6, 6.07) is 9.13. The Morgan fingerprint density at radius 3 is 2.88 bits per heavy atom. The van der Waals surface area contributed by atoms with Crippen molar-refractivity contribution in [2.45, 2.75) is 26.2 Å². The van der Waals surface area contributed by atoms with Gasteiger partial charge in [0.15, 0.2) is 11.4 Å². The molecule has 0 aliphatic carbocycles. The second kappa shape index (κ2) is 6.74. The second-order valence-corrected chi connectivity index (χ2v) is 5.70. The SMILES string of the molecule is CCCCc1cnc2c(O)c(-c3cccc(OC)c3)ccn2c1=O. The van der Waals surface area contributed by atoms with Crippen molar-refractivity contribution in [3.8, 4) is 22.6 Å². The molecule has 0 saturated heterocycles. The van der Waals surface area contributed by atoms with Crippen LogP contribution in [0.15, 0.2) is 47.5 Å². The van der Waals surface area contributed by atoms with E-state index in [1.807, 2.05) is 24.3 Å². The molecule has 1 aromatic carbocycles. The Kier molecular flexibility index (Phi) is 4.51. The molecular formula is C19H20N2O3. The molecule has 0 aliphatic rings. The predicted molar refractivity (Wildman–Crippen MR) is 93.7 cm³/mol. The quantitative estimate of drug-likeness (QED) is 0.781. The van der Waals surface area contributed by atoms with Crippen LogP contribution in [0.25, 0.3) is 16.8 Å². The maximum Gasteiger partial charge on any atom is 0.261 e. The van der Waals surface area contributed by atoms with Gasteiger partial charge in [0, 0.05) is 23.5 Å². The normalized spacial score (nSPS) is 10.9. The number of methoxy groups -OCH3 is 1. The number of unbranched alkanes of at least 4 members (excludes halogenated alkanes) is 1. The lowest BCUT2D eigenvalue weighted by Gasteiger charge is -2.10. The highest BCUT2D eigenvalue weighted by molar-refractivity contribution is 5.77. The highest BCUT2D eigenvalue weighted by atomic mass is 16.5. The van der Waals surface area contributed by atoms with Crippen molar-refractivity contribution in [3.05, 3.63) is 58.6 Å². The molecule has 0 fully saturated rings. The summed E-state index contributed by atoms with van der Waals surface area (Å²) in [6.45, 7) is 2.08. The minimum atomic E-state index is -0.124. The molecule has 5 heteroatoms. The number of rotatable bonds is 5. The first kappa shape index (κ1) is 16.1. The molecule has 3 aromatic rings. The zero-order chi connectivity index (χ0) is 17.1. The van der Waals surface area contributed by atoms with E-state index in [0.29, 0.717) is 23.3 Å². The molecule has 3 rings (SSSR count). The summed E-state index contributed by atoms with van der Waals surface area (Å²) in [7, 11) is 1.60. The molecule has 0 unspecified atom stereocenters. The summed E-state index contributed by atoms with van der Waals surface area (Å²) in [6.07, 6.45) is 5.89.